The van der Waals surface area contributed by atoms with Crippen LogP contribution in [0.25, 0.3) is 0 Å². The molecule has 1 aromatic heterocycles. The van der Waals surface area contributed by atoms with E-state index >= 15 is 0 Å². The predicted octanol–water partition coefficient (Wildman–Crippen LogP) is 8.17. The van der Waals surface area contributed by atoms with Crippen LogP contribution in [0.3, 0.4) is 0 Å². The van der Waals surface area contributed by atoms with Crippen LogP contribution in [0.2, 0.25) is 28.2 Å². The third-order valence-corrected chi connectivity index (χ3v) is 14.1. The molecule has 44 heavy (non-hydrogen) atoms. The number of nitriles is 1. The Hall–Kier alpha value is -2.67. The van der Waals surface area contributed by atoms with E-state index < -0.39 is 25.7 Å². The summed E-state index contributed by atoms with van der Waals surface area (Å²) in [7, 11) is -1.87. The summed E-state index contributed by atoms with van der Waals surface area (Å²) < 4.78 is 8.10. The molecule has 0 aliphatic carbocycles. The number of rotatable bonds is 9. The van der Waals surface area contributed by atoms with Crippen molar-refractivity contribution in [1.82, 2.24) is 15.1 Å². The lowest BCUT2D eigenvalue weighted by Crippen LogP contribution is -2.44. The first-order chi connectivity index (χ1) is 20.5. The predicted molar refractivity (Wildman–Crippen MR) is 182 cm³/mol. The molecule has 1 saturated heterocycles. The number of nitrogens with one attached hydrogen (secondary N) is 2. The fourth-order valence-electron chi connectivity index (χ4n) is 5.82. The average molecular weight is 655 g/mol. The van der Waals surface area contributed by atoms with Gasteiger partial charge in [-0.2, -0.15) is 10.4 Å². The van der Waals surface area contributed by atoms with Gasteiger partial charge in [-0.05, 0) is 65.4 Å². The average Bonchev–Trinajstić information content (AvgIpc) is 3.49. The first-order valence-electron chi connectivity index (χ1n) is 15.1. The summed E-state index contributed by atoms with van der Waals surface area (Å²) in [5.74, 6) is -0.357. The molecule has 2 heterocycles. The maximum absolute atomic E-state index is 14.1. The van der Waals surface area contributed by atoms with E-state index in [9.17, 15) is 10.1 Å². The lowest BCUT2D eigenvalue weighted by molar-refractivity contribution is -0.118. The molecule has 236 valence electrons. The number of benzene rings is 2. The van der Waals surface area contributed by atoms with E-state index in [1.807, 2.05) is 36.5 Å². The molecule has 0 unspecified atom stereocenters. The van der Waals surface area contributed by atoms with Crippen LogP contribution >= 0.6 is 23.2 Å². The van der Waals surface area contributed by atoms with Crippen LogP contribution in [0.4, 0.5) is 5.82 Å². The van der Waals surface area contributed by atoms with Gasteiger partial charge in [0.05, 0.1) is 25.3 Å². The van der Waals surface area contributed by atoms with Gasteiger partial charge in [-0.25, -0.2) is 0 Å². The number of carbonyl (C=O) groups is 1. The fraction of sp³-hybridized carbons (Fsp3) is 0.500. The quantitative estimate of drug-likeness (QED) is 0.227. The maximum Gasteiger partial charge on any atom is 0.243 e. The molecule has 0 bridgehead atoms. The summed E-state index contributed by atoms with van der Waals surface area (Å²) in [5.41, 5.74) is 0.413. The maximum atomic E-state index is 14.1. The summed E-state index contributed by atoms with van der Waals surface area (Å²) >= 11 is 12.8. The summed E-state index contributed by atoms with van der Waals surface area (Å²) in [6.45, 7) is 18.7. The standard InChI is InChI=1S/C34H45Cl2N5O2Si/c1-32(2,3)21-27-34(22-37,24-12-14-25(35)15-13-24)29(23-10-9-11-26(36)20-23)30(38-27)31(42)39-28-16-17-41(40-28)18-19-43-44(7,8)33(4,5)6/h9-17,20,27,29-30,38H,18-19,21H2,1-8H3,(H,39,40,42)/t27-,29-,30+,34-/m0/s1. The van der Waals surface area contributed by atoms with Gasteiger partial charge in [-0.15, -0.1) is 0 Å². The van der Waals surface area contributed by atoms with Crippen LogP contribution in [-0.2, 0) is 21.2 Å². The zero-order valence-corrected chi connectivity index (χ0v) is 29.6. The highest BCUT2D eigenvalue weighted by Gasteiger charge is 2.59. The molecule has 2 N–H and O–H groups in total. The first kappa shape index (κ1) is 34.2. The second-order valence-electron chi connectivity index (χ2n) is 14.5. The van der Waals surface area contributed by atoms with Crippen LogP contribution in [-0.4, -0.2) is 42.7 Å². The third kappa shape index (κ3) is 7.40. The Kier molecular flexibility index (Phi) is 10.1. The summed E-state index contributed by atoms with van der Waals surface area (Å²) in [6, 6.07) is 18.3. The van der Waals surface area contributed by atoms with Gasteiger partial charge in [-0.1, -0.05) is 89.0 Å². The van der Waals surface area contributed by atoms with E-state index in [2.05, 4.69) is 76.4 Å². The number of amides is 1. The number of carbonyl (C=O) groups excluding carboxylic acids is 1. The lowest BCUT2D eigenvalue weighted by Gasteiger charge is -2.37. The van der Waals surface area contributed by atoms with E-state index in [0.29, 0.717) is 35.4 Å². The van der Waals surface area contributed by atoms with E-state index in [1.54, 1.807) is 28.9 Å². The van der Waals surface area contributed by atoms with Crippen molar-refractivity contribution >= 4 is 43.2 Å². The number of halogens is 2. The molecule has 10 heteroatoms. The topological polar surface area (TPSA) is 92.0 Å². The Bertz CT molecular complexity index is 1500. The molecular formula is C34H45Cl2N5O2Si. The van der Waals surface area contributed by atoms with Crippen LogP contribution in [0.5, 0.6) is 0 Å². The lowest BCUT2D eigenvalue weighted by atomic mass is 9.63. The summed E-state index contributed by atoms with van der Waals surface area (Å²) in [6.07, 6.45) is 2.50. The minimum atomic E-state index is -1.87. The molecular weight excluding hydrogens is 609 g/mol. The van der Waals surface area contributed by atoms with Gasteiger partial charge in [0.2, 0.25) is 5.91 Å². The van der Waals surface area contributed by atoms with Crippen molar-refractivity contribution in [3.63, 3.8) is 0 Å². The number of hydrogen-bond acceptors (Lipinski definition) is 5. The Morgan fingerprint density at radius 1 is 1.09 bits per heavy atom. The van der Waals surface area contributed by atoms with Gasteiger partial charge in [0.25, 0.3) is 0 Å². The molecule has 0 radical (unpaired) electrons. The van der Waals surface area contributed by atoms with E-state index in [0.717, 1.165) is 11.1 Å². The molecule has 7 nitrogen and oxygen atoms in total. The highest BCUT2D eigenvalue weighted by atomic mass is 35.5. The molecule has 3 aromatic rings. The van der Waals surface area contributed by atoms with Crippen LogP contribution in [0, 0.1) is 16.7 Å². The van der Waals surface area contributed by atoms with E-state index in [-0.39, 0.29) is 22.4 Å². The van der Waals surface area contributed by atoms with Crippen molar-refractivity contribution in [3.8, 4) is 6.07 Å². The Morgan fingerprint density at radius 3 is 2.36 bits per heavy atom. The van der Waals surface area contributed by atoms with Crippen molar-refractivity contribution in [3.05, 3.63) is 82.0 Å². The fourth-order valence-corrected chi connectivity index (χ4v) is 7.18. The molecule has 2 aromatic carbocycles. The van der Waals surface area contributed by atoms with Crippen LogP contribution in [0.1, 0.15) is 65.0 Å². The Labute approximate surface area is 273 Å². The van der Waals surface area contributed by atoms with Gasteiger partial charge >= 0.3 is 0 Å². The van der Waals surface area contributed by atoms with Gasteiger partial charge in [0.15, 0.2) is 14.1 Å². The minimum Gasteiger partial charge on any atom is -0.415 e. The van der Waals surface area contributed by atoms with E-state index in [4.69, 9.17) is 27.6 Å². The minimum absolute atomic E-state index is 0.123. The summed E-state index contributed by atoms with van der Waals surface area (Å²) in [5, 5.41) is 23.6. The number of aromatic nitrogens is 2. The monoisotopic (exact) mass is 653 g/mol. The zero-order chi connectivity index (χ0) is 32.5. The highest BCUT2D eigenvalue weighted by molar-refractivity contribution is 6.74. The Morgan fingerprint density at radius 2 is 1.77 bits per heavy atom. The molecule has 1 amide bonds. The molecule has 4 rings (SSSR count). The Balaban J connectivity index is 1.67. The molecule has 1 aliphatic heterocycles. The SMILES string of the molecule is CC(C)(C)C[C@@H]1N[C@@H](C(=O)Nc2ccn(CCO[Si](C)(C)C(C)(C)C)n2)[C@H](c2cccc(Cl)c2)[C@@]1(C#N)c1ccc(Cl)cc1. The summed E-state index contributed by atoms with van der Waals surface area (Å²) in [4.78, 5) is 14.1. The van der Waals surface area contributed by atoms with Gasteiger partial charge < -0.3 is 15.1 Å². The molecule has 0 spiro atoms. The third-order valence-electron chi connectivity index (χ3n) is 9.05. The van der Waals surface area contributed by atoms with E-state index in [1.165, 1.54) is 0 Å². The van der Waals surface area contributed by atoms with Crippen molar-refractivity contribution in [2.24, 2.45) is 5.41 Å². The number of anilines is 1. The second-order valence-corrected chi connectivity index (χ2v) is 20.2. The highest BCUT2D eigenvalue weighted by Crippen LogP contribution is 2.51. The molecule has 1 aliphatic rings. The van der Waals surface area contributed by atoms with Crippen LogP contribution in [0.15, 0.2) is 60.8 Å². The van der Waals surface area contributed by atoms with Crippen molar-refractivity contribution in [2.75, 3.05) is 11.9 Å². The zero-order valence-electron chi connectivity index (χ0n) is 27.0. The molecule has 1 fully saturated rings. The first-order valence-corrected chi connectivity index (χ1v) is 18.8. The molecule has 4 atom stereocenters. The molecule has 0 saturated carbocycles. The van der Waals surface area contributed by atoms with Gasteiger partial charge in [-0.3, -0.25) is 9.48 Å². The van der Waals surface area contributed by atoms with Gasteiger partial charge in [0.1, 0.15) is 5.41 Å². The second kappa shape index (κ2) is 13.0. The normalized spacial score (nSPS) is 22.5. The largest absolute Gasteiger partial charge is 0.415 e. The van der Waals surface area contributed by atoms with Crippen molar-refractivity contribution in [2.45, 2.75) is 96.1 Å². The van der Waals surface area contributed by atoms with Gasteiger partial charge in [0, 0.05) is 34.3 Å². The number of nitrogens with zero attached hydrogens (tertiary/aromatic N) is 3. The van der Waals surface area contributed by atoms with Crippen molar-refractivity contribution < 1.29 is 9.22 Å². The number of hydrogen-bond donors (Lipinski definition) is 2. The smallest absolute Gasteiger partial charge is 0.243 e. The van der Waals surface area contributed by atoms with Crippen molar-refractivity contribution in [1.29, 1.82) is 5.26 Å². The van der Waals surface area contributed by atoms with Crippen LogP contribution < -0.4 is 10.6 Å².